The molecule has 274 valence electrons. The van der Waals surface area contributed by atoms with Crippen molar-refractivity contribution in [2.45, 2.75) is 63.2 Å². The molecule has 60 heavy (non-hydrogen) atoms. The van der Waals surface area contributed by atoms with Crippen LogP contribution in [0.25, 0.3) is 151 Å². The highest BCUT2D eigenvalue weighted by Gasteiger charge is 2.45. The van der Waals surface area contributed by atoms with E-state index in [0.717, 1.165) is 12.8 Å². The van der Waals surface area contributed by atoms with Gasteiger partial charge in [0.05, 0.1) is 0 Å². The molecule has 4 atom stereocenters. The molecule has 0 heterocycles. The summed E-state index contributed by atoms with van der Waals surface area (Å²) in [6, 6.07) is 39.3. The predicted molar refractivity (Wildman–Crippen MR) is 258 cm³/mol. The van der Waals surface area contributed by atoms with Gasteiger partial charge < -0.3 is 0 Å². The fourth-order valence-corrected chi connectivity index (χ4v) is 16.4. The molecule has 0 radical (unpaired) electrons. The van der Waals surface area contributed by atoms with E-state index >= 15 is 0 Å². The van der Waals surface area contributed by atoms with Crippen LogP contribution in [0.15, 0.2) is 97.1 Å². The third-order valence-electron chi connectivity index (χ3n) is 18.4. The lowest BCUT2D eigenvalue weighted by atomic mass is 9.66. The summed E-state index contributed by atoms with van der Waals surface area (Å²) >= 11 is 0. The van der Waals surface area contributed by atoms with Crippen molar-refractivity contribution >= 4 is 151 Å². The van der Waals surface area contributed by atoms with Crippen LogP contribution in [0.1, 0.15) is 83.7 Å². The van der Waals surface area contributed by atoms with Crippen LogP contribution in [0.2, 0.25) is 0 Å². The van der Waals surface area contributed by atoms with Gasteiger partial charge in [0.1, 0.15) is 0 Å². The Labute approximate surface area is 342 Å². The Morgan fingerprint density at radius 2 is 0.767 bits per heavy atom. The largest absolute Gasteiger partial charge is 0.0648 e. The van der Waals surface area contributed by atoms with Crippen molar-refractivity contribution in [1.82, 2.24) is 0 Å². The zero-order valence-corrected chi connectivity index (χ0v) is 33.4. The second-order valence-corrected chi connectivity index (χ2v) is 20.3. The van der Waals surface area contributed by atoms with Gasteiger partial charge in [-0.3, -0.25) is 0 Å². The molecule has 19 rings (SSSR count). The first-order valence-corrected chi connectivity index (χ1v) is 22.8. The molecule has 0 heteroatoms. The number of fused-ring (bicyclic) bond motifs is 9. The van der Waals surface area contributed by atoms with Crippen LogP contribution in [0.3, 0.4) is 0 Å². The lowest BCUT2D eigenvalue weighted by molar-refractivity contribution is 0.506. The quantitative estimate of drug-likeness (QED) is 0.154. The van der Waals surface area contributed by atoms with Gasteiger partial charge in [0, 0.05) is 0 Å². The van der Waals surface area contributed by atoms with E-state index in [9.17, 15) is 0 Å². The average molecular weight is 755 g/mol. The smallest absolute Gasteiger partial charge is 0.000000770 e. The lowest BCUT2D eigenvalue weighted by Crippen LogP contribution is -2.24. The first kappa shape index (κ1) is 28.8. The van der Waals surface area contributed by atoms with E-state index < -0.39 is 0 Å². The van der Waals surface area contributed by atoms with E-state index in [4.69, 9.17) is 0 Å². The average Bonchev–Trinajstić information content (AvgIpc) is 4.12. The Bertz CT molecular complexity index is 4600. The van der Waals surface area contributed by atoms with Crippen molar-refractivity contribution in [2.24, 2.45) is 0 Å². The van der Waals surface area contributed by atoms with Crippen LogP contribution in [-0.4, -0.2) is 0 Å². The molecule has 0 N–H and O–H groups in total. The van der Waals surface area contributed by atoms with E-state index in [1.165, 1.54) is 50.7 Å². The Balaban J connectivity index is 0.985. The number of hydrogen-bond donors (Lipinski definition) is 0. The highest BCUT2D eigenvalue weighted by atomic mass is 14.5. The lowest BCUT2D eigenvalue weighted by Gasteiger charge is -2.37. The maximum absolute atomic E-state index is 2.68. The zero-order chi connectivity index (χ0) is 38.1. The standard InChI is InChI=1S/C60H34/c1-3-24(19-23(2)25-7-5-4-6-8-25)26-9-10-27-21-37-38(22-28(27)20-26)40-36-18-16-34-32-14-12-30-29-11-13-31-33-15-17-35-39(37)49-50(40)55-48(36)46(34)53-44(32)42(30)51-41(29)43(31)52-45(33)47(35)54(49)59-57(52)56(51)58(53)60(55)59/h4-18,20,23-24,37-38H,3,19,21-22H2,1-2H3. The summed E-state index contributed by atoms with van der Waals surface area (Å²) in [4.78, 5) is 0. The van der Waals surface area contributed by atoms with Crippen LogP contribution < -0.4 is 0 Å². The first-order valence-electron chi connectivity index (χ1n) is 22.8. The van der Waals surface area contributed by atoms with Crippen molar-refractivity contribution in [3.05, 3.63) is 130 Å². The highest BCUT2D eigenvalue weighted by molar-refractivity contribution is 6.69. The number of rotatable bonds is 5. The molecule has 0 amide bonds. The van der Waals surface area contributed by atoms with E-state index in [1.807, 2.05) is 0 Å². The molecule has 2 aliphatic rings. The molecule has 4 unspecified atom stereocenters. The van der Waals surface area contributed by atoms with Gasteiger partial charge in [-0.15, -0.1) is 0 Å². The van der Waals surface area contributed by atoms with Crippen LogP contribution in [0.4, 0.5) is 0 Å². The van der Waals surface area contributed by atoms with Crippen molar-refractivity contribution in [3.8, 4) is 0 Å². The van der Waals surface area contributed by atoms with Crippen LogP contribution >= 0.6 is 0 Å². The van der Waals surface area contributed by atoms with Gasteiger partial charge in [-0.1, -0.05) is 111 Å². The number of hydrogen-bond acceptors (Lipinski definition) is 0. The fourth-order valence-electron chi connectivity index (χ4n) is 16.4. The molecule has 0 nitrogen and oxygen atoms in total. The summed E-state index contributed by atoms with van der Waals surface area (Å²) in [5.74, 6) is 2.02. The predicted octanol–water partition coefficient (Wildman–Crippen LogP) is 16.8. The zero-order valence-electron chi connectivity index (χ0n) is 33.4. The molecule has 0 aromatic heterocycles. The molecule has 0 bridgehead atoms. The van der Waals surface area contributed by atoms with E-state index in [-0.39, 0.29) is 0 Å². The minimum Gasteiger partial charge on any atom is -0.0648 e. The Morgan fingerprint density at radius 3 is 1.22 bits per heavy atom. The van der Waals surface area contributed by atoms with Gasteiger partial charge in [-0.05, 0) is 234 Å². The van der Waals surface area contributed by atoms with Crippen molar-refractivity contribution in [1.29, 1.82) is 0 Å². The third-order valence-corrected chi connectivity index (χ3v) is 18.4. The Hall–Kier alpha value is -6.50. The summed E-state index contributed by atoms with van der Waals surface area (Å²) in [6.45, 7) is 4.83. The molecular weight excluding hydrogens is 721 g/mol. The molecule has 0 fully saturated rings. The van der Waals surface area contributed by atoms with Gasteiger partial charge in [-0.2, -0.15) is 0 Å². The van der Waals surface area contributed by atoms with Gasteiger partial charge in [0.2, 0.25) is 0 Å². The first-order chi connectivity index (χ1) is 29.7. The SMILES string of the molecule is CCC(CC(C)c1ccccc1)c1ccc2c(c1)CC1c3c4ccc5c6ccc7c8ccc9c%10ccc%11c(c%12c3c3c4c5c4c6c7c5c8c9c6c%10c%11c%12c7c3c4c5c67)C1C2. The molecule has 0 spiro atoms. The van der Waals surface area contributed by atoms with Crippen molar-refractivity contribution < 1.29 is 0 Å². The Kier molecular flexibility index (Phi) is 4.12. The van der Waals surface area contributed by atoms with Gasteiger partial charge in [0.25, 0.3) is 0 Å². The highest BCUT2D eigenvalue weighted by Crippen LogP contribution is 2.70. The molecule has 0 saturated carbocycles. The second kappa shape index (κ2) is 8.57. The monoisotopic (exact) mass is 754 g/mol. The third kappa shape index (κ3) is 2.52. The topological polar surface area (TPSA) is 0 Å². The molecule has 0 saturated heterocycles. The minimum atomic E-state index is 0.459. The van der Waals surface area contributed by atoms with E-state index in [2.05, 4.69) is 111 Å². The number of benzene rings is 11. The summed E-state index contributed by atoms with van der Waals surface area (Å²) in [5, 5.41) is 43.7. The van der Waals surface area contributed by atoms with Gasteiger partial charge in [0.15, 0.2) is 0 Å². The normalized spacial score (nSPS) is 19.0. The summed E-state index contributed by atoms with van der Waals surface area (Å²) in [7, 11) is 0. The summed E-state index contributed by atoms with van der Waals surface area (Å²) in [5.41, 5.74) is 9.58. The maximum atomic E-state index is 2.68. The van der Waals surface area contributed by atoms with Crippen LogP contribution in [-0.2, 0) is 12.8 Å². The molecule has 17 aromatic rings. The Morgan fingerprint density at radius 1 is 0.383 bits per heavy atom. The van der Waals surface area contributed by atoms with Crippen molar-refractivity contribution in [3.63, 3.8) is 0 Å². The molecule has 2 aliphatic carbocycles. The maximum Gasteiger partial charge on any atom is -0.000000770 e. The molecular formula is C60H34. The summed E-state index contributed by atoms with van der Waals surface area (Å²) < 4.78 is 0. The van der Waals surface area contributed by atoms with Gasteiger partial charge >= 0.3 is 0 Å². The van der Waals surface area contributed by atoms with Crippen LogP contribution in [0, 0.1) is 0 Å². The van der Waals surface area contributed by atoms with Crippen LogP contribution in [0.5, 0.6) is 0 Å². The second-order valence-electron chi connectivity index (χ2n) is 20.3. The van der Waals surface area contributed by atoms with Crippen molar-refractivity contribution in [2.75, 3.05) is 0 Å². The molecule has 17 aromatic carbocycles. The fraction of sp³-hybridized carbons (Fsp3) is 0.167. The van der Waals surface area contributed by atoms with Gasteiger partial charge in [-0.25, -0.2) is 0 Å². The van der Waals surface area contributed by atoms with E-state index in [1.54, 1.807) is 146 Å². The van der Waals surface area contributed by atoms with E-state index in [0.29, 0.717) is 23.7 Å². The minimum absolute atomic E-state index is 0.459. The molecule has 0 aliphatic heterocycles. The summed E-state index contributed by atoms with van der Waals surface area (Å²) in [6.07, 6.45) is 4.62.